The summed E-state index contributed by atoms with van der Waals surface area (Å²) in [5.74, 6) is -1.25. The van der Waals surface area contributed by atoms with Gasteiger partial charge < -0.3 is 5.11 Å². The molecule has 0 radical (unpaired) electrons. The molecule has 0 spiro atoms. The van der Waals surface area contributed by atoms with E-state index in [1.165, 1.54) is 0 Å². The van der Waals surface area contributed by atoms with Crippen LogP contribution in [-0.4, -0.2) is 16.0 Å². The van der Waals surface area contributed by atoms with Crippen molar-refractivity contribution in [1.29, 1.82) is 0 Å². The fourth-order valence-corrected chi connectivity index (χ4v) is 2.31. The second-order valence-corrected chi connectivity index (χ2v) is 4.76. The smallest absolute Gasteiger partial charge is 0.416 e. The summed E-state index contributed by atoms with van der Waals surface area (Å²) in [6.45, 7) is 0. The van der Waals surface area contributed by atoms with Crippen molar-refractivity contribution in [3.8, 4) is 0 Å². The van der Waals surface area contributed by atoms with E-state index < -0.39 is 33.7 Å². The van der Waals surface area contributed by atoms with Gasteiger partial charge in [0, 0.05) is 12.1 Å². The molecule has 1 saturated carbocycles. The number of nitro groups is 1. The maximum Gasteiger partial charge on any atom is 0.416 e. The Bertz CT molecular complexity index is 579. The first-order valence-electron chi connectivity index (χ1n) is 5.77. The van der Waals surface area contributed by atoms with E-state index in [0.29, 0.717) is 18.6 Å². The van der Waals surface area contributed by atoms with E-state index in [1.807, 2.05) is 0 Å². The Hall–Kier alpha value is -2.12. The van der Waals surface area contributed by atoms with Crippen LogP contribution in [0.25, 0.3) is 0 Å². The van der Waals surface area contributed by atoms with Crippen LogP contribution in [0.2, 0.25) is 0 Å². The normalized spacial score (nSPS) is 17.4. The highest BCUT2D eigenvalue weighted by molar-refractivity contribution is 5.83. The molecule has 1 aliphatic carbocycles. The van der Waals surface area contributed by atoms with Crippen molar-refractivity contribution < 1.29 is 28.0 Å². The molecule has 8 heteroatoms. The molecule has 20 heavy (non-hydrogen) atoms. The zero-order valence-electron chi connectivity index (χ0n) is 10.1. The van der Waals surface area contributed by atoms with Crippen molar-refractivity contribution in [1.82, 2.24) is 0 Å². The van der Waals surface area contributed by atoms with Crippen LogP contribution in [0.5, 0.6) is 0 Å². The van der Waals surface area contributed by atoms with Crippen molar-refractivity contribution in [2.75, 3.05) is 0 Å². The van der Waals surface area contributed by atoms with Gasteiger partial charge in [0.25, 0.3) is 5.69 Å². The lowest BCUT2D eigenvalue weighted by Crippen LogP contribution is -2.42. The van der Waals surface area contributed by atoms with Crippen molar-refractivity contribution in [2.24, 2.45) is 0 Å². The molecular formula is C12H10F3NO4. The lowest BCUT2D eigenvalue weighted by Gasteiger charge is -2.38. The molecule has 0 aliphatic heterocycles. The highest BCUT2D eigenvalue weighted by Gasteiger charge is 2.47. The number of carbonyl (C=O) groups is 1. The highest BCUT2D eigenvalue weighted by atomic mass is 19.4. The quantitative estimate of drug-likeness (QED) is 0.684. The van der Waals surface area contributed by atoms with Crippen LogP contribution in [0, 0.1) is 10.1 Å². The summed E-state index contributed by atoms with van der Waals surface area (Å²) >= 11 is 0. The van der Waals surface area contributed by atoms with Crippen LogP contribution in [0.3, 0.4) is 0 Å². The maximum atomic E-state index is 12.8. The van der Waals surface area contributed by atoms with E-state index in [9.17, 15) is 33.2 Å². The first-order chi connectivity index (χ1) is 9.17. The molecule has 0 saturated heterocycles. The predicted octanol–water partition coefficient (Wildman–Crippen LogP) is 3.12. The molecule has 0 atom stereocenters. The Morgan fingerprint density at radius 2 is 1.90 bits per heavy atom. The van der Waals surface area contributed by atoms with Gasteiger partial charge in [-0.3, -0.25) is 14.9 Å². The average molecular weight is 289 g/mol. The number of hydrogen-bond acceptors (Lipinski definition) is 3. The summed E-state index contributed by atoms with van der Waals surface area (Å²) in [5, 5.41) is 19.9. The number of carboxylic acid groups (broad SMARTS) is 1. The van der Waals surface area contributed by atoms with Gasteiger partial charge in [0.2, 0.25) is 0 Å². The molecule has 0 bridgehead atoms. The summed E-state index contributed by atoms with van der Waals surface area (Å²) in [7, 11) is 0. The predicted molar refractivity (Wildman–Crippen MR) is 61.3 cm³/mol. The van der Waals surface area contributed by atoms with E-state index in [0.717, 1.165) is 6.07 Å². The number of non-ortho nitro benzene ring substituents is 1. The molecular weight excluding hydrogens is 279 g/mol. The van der Waals surface area contributed by atoms with Gasteiger partial charge in [0.15, 0.2) is 0 Å². The molecule has 1 aromatic rings. The molecule has 0 amide bonds. The molecule has 108 valence electrons. The lowest BCUT2D eigenvalue weighted by atomic mass is 9.64. The molecule has 0 aromatic heterocycles. The van der Waals surface area contributed by atoms with Crippen molar-refractivity contribution in [3.63, 3.8) is 0 Å². The van der Waals surface area contributed by atoms with Gasteiger partial charge in [0.05, 0.1) is 15.9 Å². The van der Waals surface area contributed by atoms with Crippen molar-refractivity contribution >= 4 is 11.7 Å². The van der Waals surface area contributed by atoms with Gasteiger partial charge >= 0.3 is 12.1 Å². The van der Waals surface area contributed by atoms with Gasteiger partial charge in [0.1, 0.15) is 0 Å². The molecule has 2 rings (SSSR count). The number of halogens is 3. The fraction of sp³-hybridized carbons (Fsp3) is 0.417. The third-order valence-electron chi connectivity index (χ3n) is 3.62. The molecule has 0 heterocycles. The summed E-state index contributed by atoms with van der Waals surface area (Å²) in [4.78, 5) is 21.1. The highest BCUT2D eigenvalue weighted by Crippen LogP contribution is 2.46. The van der Waals surface area contributed by atoms with E-state index in [4.69, 9.17) is 0 Å². The minimum atomic E-state index is -4.76. The molecule has 1 fully saturated rings. The van der Waals surface area contributed by atoms with Crippen LogP contribution < -0.4 is 0 Å². The molecule has 1 aromatic carbocycles. The van der Waals surface area contributed by atoms with Gasteiger partial charge in [-0.1, -0.05) is 6.42 Å². The van der Waals surface area contributed by atoms with Crippen LogP contribution in [0.1, 0.15) is 30.4 Å². The van der Waals surface area contributed by atoms with Crippen molar-refractivity contribution in [3.05, 3.63) is 39.4 Å². The SMILES string of the molecule is O=C(O)C1(c2cc([N+](=O)[O-])cc(C(F)(F)F)c2)CCC1. The van der Waals surface area contributed by atoms with Crippen LogP contribution in [0.4, 0.5) is 18.9 Å². The number of aliphatic carboxylic acids is 1. The van der Waals surface area contributed by atoms with Gasteiger partial charge in [-0.25, -0.2) is 0 Å². The van der Waals surface area contributed by atoms with Gasteiger partial charge in [-0.05, 0) is 24.5 Å². The monoisotopic (exact) mass is 289 g/mol. The number of alkyl halides is 3. The van der Waals surface area contributed by atoms with E-state index >= 15 is 0 Å². The second kappa shape index (κ2) is 4.46. The largest absolute Gasteiger partial charge is 0.481 e. The summed E-state index contributed by atoms with van der Waals surface area (Å²) in [5.41, 5.74) is -3.54. The fourth-order valence-electron chi connectivity index (χ4n) is 2.31. The first-order valence-corrected chi connectivity index (χ1v) is 5.77. The zero-order valence-corrected chi connectivity index (χ0v) is 10.1. The average Bonchev–Trinajstić information content (AvgIpc) is 2.25. The Kier molecular flexibility index (Phi) is 3.19. The Labute approximate surface area is 111 Å². The standard InChI is InChI=1S/C12H10F3NO4/c13-12(14,15)8-4-7(5-9(6-8)16(19)20)11(10(17)18)2-1-3-11/h4-6H,1-3H2,(H,17,18). The Morgan fingerprint density at radius 3 is 2.25 bits per heavy atom. The number of benzene rings is 1. The Morgan fingerprint density at radius 1 is 1.30 bits per heavy atom. The maximum absolute atomic E-state index is 12.8. The van der Waals surface area contributed by atoms with Gasteiger partial charge in [-0.2, -0.15) is 13.2 Å². The Balaban J connectivity index is 2.61. The minimum absolute atomic E-state index is 0.155. The topological polar surface area (TPSA) is 80.4 Å². The lowest BCUT2D eigenvalue weighted by molar-refractivity contribution is -0.385. The molecule has 1 N–H and O–H groups in total. The van der Waals surface area contributed by atoms with Crippen LogP contribution >= 0.6 is 0 Å². The number of rotatable bonds is 3. The second-order valence-electron chi connectivity index (χ2n) is 4.76. The van der Waals surface area contributed by atoms with Crippen LogP contribution in [0.15, 0.2) is 18.2 Å². The summed E-state index contributed by atoms with van der Waals surface area (Å²) in [6, 6.07) is 2.03. The third kappa shape index (κ3) is 2.21. The number of carboxylic acids is 1. The first kappa shape index (κ1) is 14.3. The number of hydrogen-bond donors (Lipinski definition) is 1. The van der Waals surface area contributed by atoms with E-state index in [2.05, 4.69) is 0 Å². The van der Waals surface area contributed by atoms with E-state index in [1.54, 1.807) is 0 Å². The zero-order chi connectivity index (χ0) is 15.1. The molecule has 1 aliphatic rings. The van der Waals surface area contributed by atoms with Crippen LogP contribution in [-0.2, 0) is 16.4 Å². The van der Waals surface area contributed by atoms with E-state index in [-0.39, 0.29) is 18.4 Å². The summed E-state index contributed by atoms with van der Waals surface area (Å²) in [6.07, 6.45) is -3.83. The molecule has 0 unspecified atom stereocenters. The van der Waals surface area contributed by atoms with Gasteiger partial charge in [-0.15, -0.1) is 0 Å². The van der Waals surface area contributed by atoms with Crippen molar-refractivity contribution in [2.45, 2.75) is 30.9 Å². The molecule has 5 nitrogen and oxygen atoms in total. The number of nitrogens with zero attached hydrogens (tertiary/aromatic N) is 1. The third-order valence-corrected chi connectivity index (χ3v) is 3.62. The minimum Gasteiger partial charge on any atom is -0.481 e. The summed E-state index contributed by atoms with van der Waals surface area (Å²) < 4.78 is 38.3. The number of nitro benzene ring substituents is 1.